The van der Waals surface area contributed by atoms with Gasteiger partial charge in [-0.1, -0.05) is 20.8 Å². The Kier molecular flexibility index (Phi) is 5.13. The number of fused-ring (bicyclic) bond motifs is 1. The number of anilines is 2. The summed E-state index contributed by atoms with van der Waals surface area (Å²) in [5, 5.41) is 4.96. The maximum Gasteiger partial charge on any atom is 0.250 e. The number of nitrogens with one attached hydrogen (secondary N) is 1. The molecule has 27 heavy (non-hydrogen) atoms. The van der Waals surface area contributed by atoms with E-state index in [4.69, 9.17) is 4.43 Å². The fraction of sp³-hybridized carbons (Fsp3) is 0.391. The van der Waals surface area contributed by atoms with E-state index in [1.807, 2.05) is 0 Å². The van der Waals surface area contributed by atoms with Crippen LogP contribution in [0.4, 0.5) is 11.4 Å². The van der Waals surface area contributed by atoms with E-state index in [9.17, 15) is 0 Å². The second-order valence-corrected chi connectivity index (χ2v) is 13.8. The van der Waals surface area contributed by atoms with Crippen LogP contribution >= 0.6 is 0 Å². The van der Waals surface area contributed by atoms with E-state index < -0.39 is 8.32 Å². The van der Waals surface area contributed by atoms with Gasteiger partial charge in [0, 0.05) is 34.5 Å². The maximum atomic E-state index is 6.36. The average Bonchev–Trinajstić information content (AvgIpc) is 2.99. The van der Waals surface area contributed by atoms with Gasteiger partial charge in [-0.2, -0.15) is 0 Å². The first kappa shape index (κ1) is 19.6. The molecule has 0 fully saturated rings. The van der Waals surface area contributed by atoms with E-state index in [-0.39, 0.29) is 5.04 Å². The van der Waals surface area contributed by atoms with Crippen LogP contribution in [0.3, 0.4) is 0 Å². The Morgan fingerprint density at radius 1 is 0.926 bits per heavy atom. The standard InChI is InChI=1S/C23H32N2OSi/c1-17(2)25-15-14-18-16-20(10-13-22(18)25)24-19-8-11-21(12-9-19)26-27(6,7)23(3,4)5/h8-17,24H,1-7H3. The first-order valence-corrected chi connectivity index (χ1v) is 12.6. The van der Waals surface area contributed by atoms with Crippen LogP contribution in [-0.2, 0) is 0 Å². The van der Waals surface area contributed by atoms with Crippen molar-refractivity contribution in [2.45, 2.75) is 58.8 Å². The summed E-state index contributed by atoms with van der Waals surface area (Å²) in [6.07, 6.45) is 2.16. The average molecular weight is 381 g/mol. The molecule has 0 radical (unpaired) electrons. The van der Waals surface area contributed by atoms with E-state index in [0.29, 0.717) is 6.04 Å². The lowest BCUT2D eigenvalue weighted by atomic mass is 10.2. The molecule has 3 rings (SSSR count). The smallest absolute Gasteiger partial charge is 0.250 e. The summed E-state index contributed by atoms with van der Waals surface area (Å²) < 4.78 is 8.66. The molecule has 0 unspecified atom stereocenters. The van der Waals surface area contributed by atoms with Crippen LogP contribution in [-0.4, -0.2) is 12.9 Å². The predicted octanol–water partition coefficient (Wildman–Crippen LogP) is 7.35. The van der Waals surface area contributed by atoms with Crippen molar-refractivity contribution in [3.05, 3.63) is 54.7 Å². The minimum Gasteiger partial charge on any atom is -0.544 e. The SMILES string of the molecule is CC(C)n1ccc2cc(Nc3ccc(O[Si](C)(C)C(C)(C)C)cc3)ccc21. The zero-order valence-corrected chi connectivity index (χ0v) is 18.6. The maximum absolute atomic E-state index is 6.36. The fourth-order valence-electron chi connectivity index (χ4n) is 2.91. The molecule has 144 valence electrons. The highest BCUT2D eigenvalue weighted by Gasteiger charge is 2.38. The Morgan fingerprint density at radius 2 is 1.56 bits per heavy atom. The molecule has 3 aromatic rings. The molecule has 3 nitrogen and oxygen atoms in total. The summed E-state index contributed by atoms with van der Waals surface area (Å²) in [7, 11) is -1.80. The second-order valence-electron chi connectivity index (χ2n) is 9.10. The van der Waals surface area contributed by atoms with Gasteiger partial charge in [0.15, 0.2) is 0 Å². The van der Waals surface area contributed by atoms with Crippen LogP contribution in [0.15, 0.2) is 54.7 Å². The van der Waals surface area contributed by atoms with Crippen molar-refractivity contribution in [1.29, 1.82) is 0 Å². The summed E-state index contributed by atoms with van der Waals surface area (Å²) in [5.41, 5.74) is 3.44. The molecule has 0 amide bonds. The molecule has 1 aromatic heterocycles. The van der Waals surface area contributed by atoms with Gasteiger partial charge < -0.3 is 14.3 Å². The number of rotatable bonds is 5. The van der Waals surface area contributed by atoms with Crippen molar-refractivity contribution in [2.75, 3.05) is 5.32 Å². The highest BCUT2D eigenvalue weighted by Crippen LogP contribution is 2.37. The van der Waals surface area contributed by atoms with Crippen LogP contribution in [0.2, 0.25) is 18.1 Å². The van der Waals surface area contributed by atoms with Gasteiger partial charge in [-0.3, -0.25) is 0 Å². The zero-order valence-electron chi connectivity index (χ0n) is 17.6. The van der Waals surface area contributed by atoms with Crippen molar-refractivity contribution >= 4 is 30.6 Å². The van der Waals surface area contributed by atoms with Gasteiger partial charge in [-0.15, -0.1) is 0 Å². The van der Waals surface area contributed by atoms with Gasteiger partial charge in [0.2, 0.25) is 8.32 Å². The summed E-state index contributed by atoms with van der Waals surface area (Å²) in [5.74, 6) is 0.955. The number of hydrogen-bond donors (Lipinski definition) is 1. The molecule has 0 atom stereocenters. The first-order valence-electron chi connectivity index (χ1n) is 9.73. The Bertz CT molecular complexity index is 918. The predicted molar refractivity (Wildman–Crippen MR) is 120 cm³/mol. The van der Waals surface area contributed by atoms with Crippen molar-refractivity contribution in [3.63, 3.8) is 0 Å². The molecule has 1 N–H and O–H groups in total. The molecule has 0 aliphatic heterocycles. The Balaban J connectivity index is 1.74. The normalized spacial score (nSPS) is 12.6. The second kappa shape index (κ2) is 7.08. The van der Waals surface area contributed by atoms with Crippen molar-refractivity contribution in [2.24, 2.45) is 0 Å². The van der Waals surface area contributed by atoms with Gasteiger partial charge in [-0.25, -0.2) is 0 Å². The minimum absolute atomic E-state index is 0.200. The Labute approximate surface area is 164 Å². The van der Waals surface area contributed by atoms with Gasteiger partial charge in [0.05, 0.1) is 0 Å². The lowest BCUT2D eigenvalue weighted by Crippen LogP contribution is -2.43. The third-order valence-electron chi connectivity index (χ3n) is 5.60. The van der Waals surface area contributed by atoms with Crippen LogP contribution in [0, 0.1) is 0 Å². The number of hydrogen-bond acceptors (Lipinski definition) is 2. The lowest BCUT2D eigenvalue weighted by molar-refractivity contribution is 0.492. The third-order valence-corrected chi connectivity index (χ3v) is 9.96. The van der Waals surface area contributed by atoms with E-state index in [2.05, 4.69) is 112 Å². The molecule has 2 aromatic carbocycles. The quantitative estimate of drug-likeness (QED) is 0.468. The van der Waals surface area contributed by atoms with E-state index >= 15 is 0 Å². The van der Waals surface area contributed by atoms with Gasteiger partial charge >= 0.3 is 0 Å². The molecule has 0 spiro atoms. The molecule has 0 saturated carbocycles. The molecule has 4 heteroatoms. The van der Waals surface area contributed by atoms with E-state index in [0.717, 1.165) is 17.1 Å². The zero-order chi connectivity index (χ0) is 19.8. The van der Waals surface area contributed by atoms with Crippen LogP contribution < -0.4 is 9.74 Å². The Morgan fingerprint density at radius 3 is 2.15 bits per heavy atom. The molecular weight excluding hydrogens is 348 g/mol. The molecule has 0 aliphatic carbocycles. The van der Waals surface area contributed by atoms with Gasteiger partial charge in [0.25, 0.3) is 0 Å². The summed E-state index contributed by atoms with van der Waals surface area (Å²) in [6.45, 7) is 15.8. The monoisotopic (exact) mass is 380 g/mol. The first-order chi connectivity index (χ1) is 12.6. The highest BCUT2D eigenvalue weighted by molar-refractivity contribution is 6.74. The molecular formula is C23H32N2OSi. The van der Waals surface area contributed by atoms with Gasteiger partial charge in [0.1, 0.15) is 5.75 Å². The Hall–Kier alpha value is -2.20. The van der Waals surface area contributed by atoms with Crippen molar-refractivity contribution in [1.82, 2.24) is 4.57 Å². The summed E-state index contributed by atoms with van der Waals surface area (Å²) in [4.78, 5) is 0. The molecule has 0 saturated heterocycles. The topological polar surface area (TPSA) is 26.2 Å². The lowest BCUT2D eigenvalue weighted by Gasteiger charge is -2.36. The minimum atomic E-state index is -1.80. The number of benzene rings is 2. The van der Waals surface area contributed by atoms with E-state index in [1.165, 1.54) is 10.9 Å². The van der Waals surface area contributed by atoms with E-state index in [1.54, 1.807) is 0 Å². The largest absolute Gasteiger partial charge is 0.544 e. The summed E-state index contributed by atoms with van der Waals surface area (Å²) >= 11 is 0. The fourth-order valence-corrected chi connectivity index (χ4v) is 3.94. The van der Waals surface area contributed by atoms with Crippen molar-refractivity contribution in [3.8, 4) is 5.75 Å². The summed E-state index contributed by atoms with van der Waals surface area (Å²) in [6, 6.07) is 17.5. The van der Waals surface area contributed by atoms with Crippen LogP contribution in [0.1, 0.15) is 40.7 Å². The third kappa shape index (κ3) is 4.21. The number of nitrogens with zero attached hydrogens (tertiary/aromatic N) is 1. The highest BCUT2D eigenvalue weighted by atomic mass is 28.4. The number of aromatic nitrogens is 1. The van der Waals surface area contributed by atoms with Crippen molar-refractivity contribution < 1.29 is 4.43 Å². The van der Waals surface area contributed by atoms with Crippen LogP contribution in [0.25, 0.3) is 10.9 Å². The van der Waals surface area contributed by atoms with Gasteiger partial charge in [-0.05, 0) is 80.5 Å². The molecule has 0 bridgehead atoms. The molecule has 1 heterocycles. The molecule has 0 aliphatic rings. The van der Waals surface area contributed by atoms with Crippen LogP contribution in [0.5, 0.6) is 5.75 Å².